The topological polar surface area (TPSA) is 49.4 Å². The molecular formula is C21H21ClN2O2S. The molecule has 27 heavy (non-hydrogen) atoms. The average Bonchev–Trinajstić information content (AvgIpc) is 3.20. The summed E-state index contributed by atoms with van der Waals surface area (Å²) in [7, 11) is 0. The Morgan fingerprint density at radius 3 is 2.48 bits per heavy atom. The first-order valence-corrected chi connectivity index (χ1v) is 10.6. The van der Waals surface area contributed by atoms with E-state index in [-0.39, 0.29) is 17.9 Å². The molecule has 1 aliphatic carbocycles. The smallest absolute Gasteiger partial charge is 0.258 e. The molecule has 0 spiro atoms. The van der Waals surface area contributed by atoms with Gasteiger partial charge in [0, 0.05) is 39.4 Å². The van der Waals surface area contributed by atoms with Crippen LogP contribution in [-0.2, 0) is 0 Å². The molecular weight excluding hydrogens is 380 g/mol. The molecule has 0 radical (unpaired) electrons. The van der Waals surface area contributed by atoms with E-state index in [4.69, 9.17) is 11.6 Å². The van der Waals surface area contributed by atoms with Crippen molar-refractivity contribution in [3.8, 4) is 0 Å². The lowest BCUT2D eigenvalue weighted by molar-refractivity contribution is 0.0935. The molecule has 1 N–H and O–H groups in total. The van der Waals surface area contributed by atoms with Gasteiger partial charge >= 0.3 is 0 Å². The Kier molecular flexibility index (Phi) is 5.41. The van der Waals surface area contributed by atoms with E-state index in [9.17, 15) is 9.59 Å². The summed E-state index contributed by atoms with van der Waals surface area (Å²) in [5.74, 6) is 0.709. The van der Waals surface area contributed by atoms with Crippen LogP contribution < -0.4 is 10.2 Å². The van der Waals surface area contributed by atoms with E-state index < -0.39 is 0 Å². The van der Waals surface area contributed by atoms with Crippen molar-refractivity contribution in [1.82, 2.24) is 5.32 Å². The van der Waals surface area contributed by atoms with Gasteiger partial charge in [0.05, 0.1) is 5.69 Å². The lowest BCUT2D eigenvalue weighted by Gasteiger charge is -2.29. The van der Waals surface area contributed by atoms with Gasteiger partial charge in [-0.1, -0.05) is 24.4 Å². The van der Waals surface area contributed by atoms with Gasteiger partial charge in [0.15, 0.2) is 0 Å². The molecule has 1 fully saturated rings. The van der Waals surface area contributed by atoms with Crippen molar-refractivity contribution in [2.75, 3.05) is 17.2 Å². The predicted octanol–water partition coefficient (Wildman–Crippen LogP) is 4.76. The van der Waals surface area contributed by atoms with Crippen molar-refractivity contribution in [2.45, 2.75) is 36.6 Å². The molecule has 4 nitrogen and oxygen atoms in total. The van der Waals surface area contributed by atoms with Crippen molar-refractivity contribution in [3.63, 3.8) is 0 Å². The van der Waals surface area contributed by atoms with Gasteiger partial charge in [0.25, 0.3) is 11.8 Å². The third-order valence-electron chi connectivity index (χ3n) is 5.11. The lowest BCUT2D eigenvalue weighted by atomic mass is 10.1. The Balaban J connectivity index is 1.59. The zero-order valence-electron chi connectivity index (χ0n) is 14.9. The van der Waals surface area contributed by atoms with Crippen molar-refractivity contribution in [3.05, 3.63) is 58.6 Å². The second-order valence-corrected chi connectivity index (χ2v) is 8.52. The molecule has 0 unspecified atom stereocenters. The second kappa shape index (κ2) is 7.95. The maximum Gasteiger partial charge on any atom is 0.258 e. The highest BCUT2D eigenvalue weighted by Crippen LogP contribution is 2.36. The number of amides is 2. The minimum Gasteiger partial charge on any atom is -0.349 e. The van der Waals surface area contributed by atoms with Gasteiger partial charge in [0.1, 0.15) is 0 Å². The van der Waals surface area contributed by atoms with Crippen molar-refractivity contribution < 1.29 is 9.59 Å². The van der Waals surface area contributed by atoms with Crippen LogP contribution in [0.4, 0.5) is 5.69 Å². The van der Waals surface area contributed by atoms with Crippen LogP contribution in [-0.4, -0.2) is 30.2 Å². The Morgan fingerprint density at radius 2 is 1.74 bits per heavy atom. The third-order valence-corrected chi connectivity index (χ3v) is 6.41. The van der Waals surface area contributed by atoms with Crippen molar-refractivity contribution >= 4 is 40.9 Å². The molecule has 2 amide bonds. The molecule has 1 heterocycles. The number of anilines is 1. The number of halogens is 1. The quantitative estimate of drug-likeness (QED) is 0.807. The molecule has 1 saturated carbocycles. The molecule has 6 heteroatoms. The number of hydrogen-bond acceptors (Lipinski definition) is 3. The molecule has 0 aromatic heterocycles. The molecule has 2 aromatic rings. The zero-order valence-corrected chi connectivity index (χ0v) is 16.5. The van der Waals surface area contributed by atoms with Crippen LogP contribution in [0.5, 0.6) is 0 Å². The first-order chi connectivity index (χ1) is 13.1. The van der Waals surface area contributed by atoms with Gasteiger partial charge in [0.2, 0.25) is 0 Å². The summed E-state index contributed by atoms with van der Waals surface area (Å²) in [6, 6.07) is 12.8. The molecule has 0 bridgehead atoms. The Morgan fingerprint density at radius 1 is 1.04 bits per heavy atom. The molecule has 2 aromatic carbocycles. The monoisotopic (exact) mass is 400 g/mol. The van der Waals surface area contributed by atoms with E-state index in [2.05, 4.69) is 5.32 Å². The van der Waals surface area contributed by atoms with Gasteiger partial charge < -0.3 is 10.2 Å². The van der Waals surface area contributed by atoms with Crippen LogP contribution in [0.1, 0.15) is 46.4 Å². The molecule has 0 atom stereocenters. The number of nitrogens with zero attached hydrogens (tertiary/aromatic N) is 1. The van der Waals surface area contributed by atoms with Crippen LogP contribution in [0.15, 0.2) is 47.4 Å². The molecule has 2 aliphatic rings. The minimum absolute atomic E-state index is 0.0563. The normalized spacial score (nSPS) is 16.9. The Hall–Kier alpha value is -1.98. The Bertz CT molecular complexity index is 863. The highest BCUT2D eigenvalue weighted by atomic mass is 35.5. The summed E-state index contributed by atoms with van der Waals surface area (Å²) in [4.78, 5) is 28.4. The number of fused-ring (bicyclic) bond motifs is 1. The van der Waals surface area contributed by atoms with Crippen LogP contribution in [0.3, 0.4) is 0 Å². The summed E-state index contributed by atoms with van der Waals surface area (Å²) in [5.41, 5.74) is 2.01. The highest BCUT2D eigenvalue weighted by molar-refractivity contribution is 7.99. The van der Waals surface area contributed by atoms with Gasteiger partial charge in [-0.3, -0.25) is 9.59 Å². The largest absolute Gasteiger partial charge is 0.349 e. The molecule has 4 rings (SSSR count). The molecule has 0 saturated heterocycles. The van der Waals surface area contributed by atoms with Crippen LogP contribution in [0.25, 0.3) is 0 Å². The highest BCUT2D eigenvalue weighted by Gasteiger charge is 2.26. The van der Waals surface area contributed by atoms with Gasteiger partial charge in [-0.15, -0.1) is 11.8 Å². The van der Waals surface area contributed by atoms with Crippen LogP contribution in [0.2, 0.25) is 5.02 Å². The van der Waals surface area contributed by atoms with E-state index in [1.54, 1.807) is 40.9 Å². The van der Waals surface area contributed by atoms with Crippen molar-refractivity contribution in [1.29, 1.82) is 0 Å². The van der Waals surface area contributed by atoms with Gasteiger partial charge in [-0.2, -0.15) is 0 Å². The van der Waals surface area contributed by atoms with Gasteiger partial charge in [-0.05, 0) is 55.3 Å². The average molecular weight is 401 g/mol. The fourth-order valence-electron chi connectivity index (χ4n) is 3.66. The SMILES string of the molecule is O=C(NC1CCCC1)c1ccc2c(c1)N(C(=O)c1ccc(Cl)cc1)CCS2. The standard InChI is InChI=1S/C21H21ClN2O2S/c22-16-8-5-14(6-9-16)21(26)24-11-12-27-19-10-7-15(13-18(19)24)20(25)23-17-3-1-2-4-17/h5-10,13,17H,1-4,11-12H2,(H,23,25). The number of rotatable bonds is 3. The first-order valence-electron chi connectivity index (χ1n) is 9.27. The number of thioether (sulfide) groups is 1. The molecule has 140 valence electrons. The third kappa shape index (κ3) is 3.99. The number of benzene rings is 2. The van der Waals surface area contributed by atoms with Crippen LogP contribution in [0, 0.1) is 0 Å². The first kappa shape index (κ1) is 18.4. The van der Waals surface area contributed by atoms with E-state index >= 15 is 0 Å². The maximum absolute atomic E-state index is 13.0. The summed E-state index contributed by atoms with van der Waals surface area (Å²) in [5, 5.41) is 3.72. The van der Waals surface area contributed by atoms with E-state index in [1.807, 2.05) is 18.2 Å². The zero-order chi connectivity index (χ0) is 18.8. The fourth-order valence-corrected chi connectivity index (χ4v) is 4.76. The summed E-state index contributed by atoms with van der Waals surface area (Å²) in [6.45, 7) is 0.618. The maximum atomic E-state index is 13.0. The lowest BCUT2D eigenvalue weighted by Crippen LogP contribution is -2.36. The summed E-state index contributed by atoms with van der Waals surface area (Å²) >= 11 is 7.65. The number of nitrogens with one attached hydrogen (secondary N) is 1. The van der Waals surface area contributed by atoms with Crippen molar-refractivity contribution in [2.24, 2.45) is 0 Å². The van der Waals surface area contributed by atoms with Crippen LogP contribution >= 0.6 is 23.4 Å². The fraction of sp³-hybridized carbons (Fsp3) is 0.333. The minimum atomic E-state index is -0.0680. The summed E-state index contributed by atoms with van der Waals surface area (Å²) in [6.07, 6.45) is 4.45. The predicted molar refractivity (Wildman–Crippen MR) is 110 cm³/mol. The number of carbonyl (C=O) groups is 2. The number of hydrogen-bond donors (Lipinski definition) is 1. The number of carbonyl (C=O) groups excluding carboxylic acids is 2. The van der Waals surface area contributed by atoms with E-state index in [0.717, 1.165) is 29.2 Å². The van der Waals surface area contributed by atoms with E-state index in [1.165, 1.54) is 12.8 Å². The van der Waals surface area contributed by atoms with E-state index in [0.29, 0.717) is 22.7 Å². The van der Waals surface area contributed by atoms with Gasteiger partial charge in [-0.25, -0.2) is 0 Å². The summed E-state index contributed by atoms with van der Waals surface area (Å²) < 4.78 is 0. The molecule has 1 aliphatic heterocycles. The Labute approximate surface area is 168 Å². The second-order valence-electron chi connectivity index (χ2n) is 6.95.